The highest BCUT2D eigenvalue weighted by Crippen LogP contribution is 2.40. The van der Waals surface area contributed by atoms with Crippen LogP contribution in [0.2, 0.25) is 0 Å². The Bertz CT molecular complexity index is 1090. The van der Waals surface area contributed by atoms with Crippen LogP contribution in [0.25, 0.3) is 0 Å². The molecule has 0 aromatic heterocycles. The summed E-state index contributed by atoms with van der Waals surface area (Å²) in [6.07, 6.45) is 31.6. The third kappa shape index (κ3) is 46.2. The van der Waals surface area contributed by atoms with E-state index in [1.165, 1.54) is 134 Å². The van der Waals surface area contributed by atoms with Crippen LogP contribution in [0.1, 0.15) is 230 Å². The van der Waals surface area contributed by atoms with Crippen molar-refractivity contribution >= 4 is 27.6 Å². The van der Waals surface area contributed by atoms with E-state index in [1.54, 1.807) is 0 Å². The molecule has 0 aromatic rings. The lowest BCUT2D eigenvalue weighted by Crippen LogP contribution is -2.28. The van der Waals surface area contributed by atoms with Crippen molar-refractivity contribution in [2.24, 2.45) is 47.3 Å². The van der Waals surface area contributed by atoms with Gasteiger partial charge in [-0.05, 0) is 79.4 Å². The van der Waals surface area contributed by atoms with Gasteiger partial charge < -0.3 is 33.2 Å². The molecule has 0 saturated carbocycles. The van der Waals surface area contributed by atoms with Gasteiger partial charge in [0.1, 0.15) is 12.7 Å². The molecule has 69 heavy (non-hydrogen) atoms. The lowest BCUT2D eigenvalue weighted by atomic mass is 9.91. The average Bonchev–Trinajstić information content (AvgIpc) is 3.82. The minimum Gasteiger partial charge on any atom is -0.463 e. The highest BCUT2D eigenvalue weighted by atomic mass is 33.1. The van der Waals surface area contributed by atoms with Crippen molar-refractivity contribution in [3.05, 3.63) is 0 Å². The first-order valence-electron chi connectivity index (χ1n) is 29.3. The molecule has 1 rings (SSSR count). The Hall–Kier alpha value is -0.0700. The van der Waals surface area contributed by atoms with E-state index in [-0.39, 0.29) is 12.1 Å². The van der Waals surface area contributed by atoms with Gasteiger partial charge in [0, 0.05) is 30.6 Å². The Morgan fingerprint density at radius 2 is 0.797 bits per heavy atom. The van der Waals surface area contributed by atoms with Crippen molar-refractivity contribution in [1.29, 1.82) is 0 Å². The van der Waals surface area contributed by atoms with Crippen molar-refractivity contribution in [3.63, 3.8) is 0 Å². The van der Waals surface area contributed by atoms with Gasteiger partial charge in [-0.25, -0.2) is 0 Å². The summed E-state index contributed by atoms with van der Waals surface area (Å²) in [7, 11) is 3.97. The minimum absolute atomic E-state index is 0.0734. The molecule has 0 amide bonds. The SMILES string of the molecule is CC(C)CCC[C@H](C)CCC[C@H](C)CCCC(C)CCOC[C@@H](COCCOCCOCCOCCOC(=O)CCCCC1CCSS1)OCCC(C)CCC[C@@H](C)CCC[C@@H](C)CCCC(C)C. The fourth-order valence-electron chi connectivity index (χ4n) is 9.32. The zero-order valence-electron chi connectivity index (χ0n) is 47.2. The van der Waals surface area contributed by atoms with E-state index in [9.17, 15) is 4.79 Å². The van der Waals surface area contributed by atoms with Crippen LogP contribution < -0.4 is 0 Å². The molecule has 1 aliphatic rings. The van der Waals surface area contributed by atoms with Gasteiger partial charge in [-0.3, -0.25) is 4.79 Å². The Labute approximate surface area is 437 Å². The number of carbonyl (C=O) groups excluding carboxylic acids is 1. The molecule has 0 aliphatic carbocycles. The maximum Gasteiger partial charge on any atom is 0.305 e. The van der Waals surface area contributed by atoms with Crippen LogP contribution in [0.4, 0.5) is 0 Å². The highest BCUT2D eigenvalue weighted by Gasteiger charge is 2.17. The zero-order valence-corrected chi connectivity index (χ0v) is 48.9. The van der Waals surface area contributed by atoms with Crippen LogP contribution in [0.3, 0.4) is 0 Å². The normalized spacial score (nSPS) is 17.4. The second-order valence-electron chi connectivity index (χ2n) is 22.9. The average molecular weight is 1020 g/mol. The van der Waals surface area contributed by atoms with Gasteiger partial charge in [0.25, 0.3) is 0 Å². The number of ether oxygens (including phenoxy) is 7. The molecule has 412 valence electrons. The maximum absolute atomic E-state index is 12.0. The van der Waals surface area contributed by atoms with Crippen LogP contribution in [-0.2, 0) is 38.0 Å². The van der Waals surface area contributed by atoms with E-state index in [0.717, 1.165) is 79.7 Å². The van der Waals surface area contributed by atoms with Crippen LogP contribution >= 0.6 is 21.6 Å². The number of hydrogen-bond acceptors (Lipinski definition) is 10. The molecule has 10 heteroatoms. The van der Waals surface area contributed by atoms with Gasteiger partial charge in [0.2, 0.25) is 0 Å². The first kappa shape index (κ1) is 66.9. The molecular formula is C59H116O8S2. The molecule has 1 aliphatic heterocycles. The van der Waals surface area contributed by atoms with Gasteiger partial charge >= 0.3 is 5.97 Å². The standard InChI is InChI=1S/C59H116O8S2/c1-49(2)19-13-21-51(5)23-15-25-53(7)27-17-29-55(9)33-36-64-47-57(66-37-34-56(10)30-18-28-54(8)26-16-24-52(6)22-14-20-50(3)4)48-65-43-42-62-39-38-61-40-41-63-44-45-67-59(60)32-12-11-31-58-35-46-68-69-58/h49-58H,11-48H2,1-10H3/t51-,52-,53-,54-,55?,56?,57-,58?/m0/s1. The molecular weight excluding hydrogens is 901 g/mol. The predicted octanol–water partition coefficient (Wildman–Crippen LogP) is 16.6. The van der Waals surface area contributed by atoms with Crippen LogP contribution in [0.15, 0.2) is 0 Å². The molecule has 0 N–H and O–H groups in total. The van der Waals surface area contributed by atoms with E-state index >= 15 is 0 Å². The lowest BCUT2D eigenvalue weighted by Gasteiger charge is -2.21. The second kappa shape index (κ2) is 47.6. The van der Waals surface area contributed by atoms with Crippen LogP contribution in [-0.4, -0.2) is 102 Å². The number of hydrogen-bond donors (Lipinski definition) is 0. The van der Waals surface area contributed by atoms with Crippen molar-refractivity contribution in [2.75, 3.05) is 85.0 Å². The summed E-state index contributed by atoms with van der Waals surface area (Å²) >= 11 is 0. The second-order valence-corrected chi connectivity index (χ2v) is 25.6. The third-order valence-corrected chi connectivity index (χ3v) is 17.4. The molecule has 1 heterocycles. The summed E-state index contributed by atoms with van der Waals surface area (Å²) < 4.78 is 41.0. The molecule has 8 nitrogen and oxygen atoms in total. The Kier molecular flexibility index (Phi) is 46.2. The molecule has 8 atom stereocenters. The molecule has 3 unspecified atom stereocenters. The Morgan fingerprint density at radius 1 is 0.420 bits per heavy atom. The number of esters is 1. The predicted molar refractivity (Wildman–Crippen MR) is 299 cm³/mol. The van der Waals surface area contributed by atoms with E-state index in [2.05, 4.69) is 69.2 Å². The quantitative estimate of drug-likeness (QED) is 0.0334. The zero-order chi connectivity index (χ0) is 50.6. The van der Waals surface area contributed by atoms with Crippen molar-refractivity contribution in [1.82, 2.24) is 0 Å². The fraction of sp³-hybridized carbons (Fsp3) is 0.983. The minimum atomic E-state index is -0.125. The van der Waals surface area contributed by atoms with Gasteiger partial charge in [-0.1, -0.05) is 213 Å². The van der Waals surface area contributed by atoms with Crippen LogP contribution in [0, 0.1) is 47.3 Å². The molecule has 0 spiro atoms. The van der Waals surface area contributed by atoms with Crippen molar-refractivity contribution in [3.8, 4) is 0 Å². The smallest absolute Gasteiger partial charge is 0.305 e. The summed E-state index contributed by atoms with van der Waals surface area (Å²) in [6, 6.07) is 0. The van der Waals surface area contributed by atoms with E-state index < -0.39 is 0 Å². The van der Waals surface area contributed by atoms with Gasteiger partial charge in [-0.15, -0.1) is 0 Å². The molecule has 0 radical (unpaired) electrons. The summed E-state index contributed by atoms with van der Waals surface area (Å²) in [5.74, 6) is 7.54. The Morgan fingerprint density at radius 3 is 1.22 bits per heavy atom. The fourth-order valence-corrected chi connectivity index (χ4v) is 12.3. The number of unbranched alkanes of at least 4 members (excludes halogenated alkanes) is 1. The van der Waals surface area contributed by atoms with E-state index in [1.807, 2.05) is 21.6 Å². The summed E-state index contributed by atoms with van der Waals surface area (Å²) in [5.41, 5.74) is 0. The monoisotopic (exact) mass is 1020 g/mol. The van der Waals surface area contributed by atoms with Crippen LogP contribution in [0.5, 0.6) is 0 Å². The topological polar surface area (TPSA) is 81.7 Å². The molecule has 1 saturated heterocycles. The molecule has 0 aromatic carbocycles. The summed E-state index contributed by atoms with van der Waals surface area (Å²) in [6.45, 7) is 30.2. The lowest BCUT2D eigenvalue weighted by molar-refractivity contribution is -0.145. The maximum atomic E-state index is 12.0. The van der Waals surface area contributed by atoms with Gasteiger partial charge in [0.05, 0.1) is 59.5 Å². The summed E-state index contributed by atoms with van der Waals surface area (Å²) in [4.78, 5) is 12.0. The van der Waals surface area contributed by atoms with Gasteiger partial charge in [-0.2, -0.15) is 0 Å². The van der Waals surface area contributed by atoms with Crippen molar-refractivity contribution < 1.29 is 38.0 Å². The number of carbonyl (C=O) groups is 1. The molecule has 0 bridgehead atoms. The number of rotatable bonds is 52. The van der Waals surface area contributed by atoms with E-state index in [4.69, 9.17) is 33.2 Å². The largest absolute Gasteiger partial charge is 0.463 e. The van der Waals surface area contributed by atoms with Crippen molar-refractivity contribution in [2.45, 2.75) is 241 Å². The Balaban J connectivity index is 2.26. The van der Waals surface area contributed by atoms with Gasteiger partial charge in [0.15, 0.2) is 0 Å². The third-order valence-electron chi connectivity index (χ3n) is 14.3. The first-order valence-corrected chi connectivity index (χ1v) is 31.7. The first-order chi connectivity index (χ1) is 33.3. The van der Waals surface area contributed by atoms with E-state index in [0.29, 0.717) is 84.3 Å². The summed E-state index contributed by atoms with van der Waals surface area (Å²) in [5, 5.41) is 0.767. The highest BCUT2D eigenvalue weighted by molar-refractivity contribution is 8.77. The molecule has 1 fully saturated rings.